The third-order valence-corrected chi connectivity index (χ3v) is 3.52. The van der Waals surface area contributed by atoms with Crippen LogP contribution in [0, 0.1) is 0 Å². The van der Waals surface area contributed by atoms with Crippen molar-refractivity contribution in [2.75, 3.05) is 7.05 Å². The lowest BCUT2D eigenvalue weighted by atomic mass is 9.95. The number of rotatable bonds is 0. The molecule has 2 aromatic rings. The highest BCUT2D eigenvalue weighted by molar-refractivity contribution is 5.46. The molecule has 1 aliphatic carbocycles. The van der Waals surface area contributed by atoms with Gasteiger partial charge in [-0.1, -0.05) is 30.3 Å². The molecule has 0 bridgehead atoms. The van der Waals surface area contributed by atoms with E-state index in [0.29, 0.717) is 5.75 Å². The van der Waals surface area contributed by atoms with Crippen molar-refractivity contribution in [2.45, 2.75) is 18.9 Å². The van der Waals surface area contributed by atoms with Crippen LogP contribution in [0.3, 0.4) is 0 Å². The highest BCUT2D eigenvalue weighted by Crippen LogP contribution is 2.32. The van der Waals surface area contributed by atoms with Gasteiger partial charge in [-0.2, -0.15) is 0 Å². The topological polar surface area (TPSA) is 72.3 Å². The lowest BCUT2D eigenvalue weighted by Crippen LogP contribution is -2.13. The first kappa shape index (κ1) is 13.6. The van der Waals surface area contributed by atoms with E-state index in [9.17, 15) is 5.11 Å². The van der Waals surface area contributed by atoms with Gasteiger partial charge in [-0.3, -0.25) is 0 Å². The molecule has 0 amide bonds. The van der Waals surface area contributed by atoms with E-state index in [1.165, 1.54) is 18.2 Å². The summed E-state index contributed by atoms with van der Waals surface area (Å²) in [7, 11) is 1.50. The van der Waals surface area contributed by atoms with Crippen LogP contribution in [0.5, 0.6) is 5.75 Å². The maximum absolute atomic E-state index is 9.54. The van der Waals surface area contributed by atoms with Crippen LogP contribution < -0.4 is 11.5 Å². The highest BCUT2D eigenvalue weighted by atomic mass is 16.3. The van der Waals surface area contributed by atoms with Gasteiger partial charge in [0.15, 0.2) is 0 Å². The lowest BCUT2D eigenvalue weighted by molar-refractivity contribution is 0.474. The first-order chi connectivity index (χ1) is 9.25. The number of aryl methyl sites for hydroxylation is 2. The molecule has 2 aromatic carbocycles. The molecule has 5 N–H and O–H groups in total. The van der Waals surface area contributed by atoms with E-state index in [1.807, 2.05) is 18.2 Å². The second-order valence-corrected chi connectivity index (χ2v) is 4.56. The fourth-order valence-corrected chi connectivity index (χ4v) is 2.61. The maximum atomic E-state index is 9.54. The van der Waals surface area contributed by atoms with E-state index in [0.717, 1.165) is 24.0 Å². The van der Waals surface area contributed by atoms with Gasteiger partial charge in [0.2, 0.25) is 0 Å². The molecule has 0 aliphatic heterocycles. The predicted molar refractivity (Wildman–Crippen MR) is 78.1 cm³/mol. The molecule has 0 fully saturated rings. The molecule has 3 heteroatoms. The summed E-state index contributed by atoms with van der Waals surface area (Å²) < 4.78 is 0. The van der Waals surface area contributed by atoms with E-state index in [-0.39, 0.29) is 6.04 Å². The molecule has 100 valence electrons. The minimum atomic E-state index is -0.0794. The Morgan fingerprint density at radius 3 is 2.37 bits per heavy atom. The quantitative estimate of drug-likeness (QED) is 0.676. The molecule has 1 atom stereocenters. The Hall–Kier alpha value is -1.84. The number of fused-ring (bicyclic) bond motifs is 2. The minimum absolute atomic E-state index is 0.0794. The average Bonchev–Trinajstić information content (AvgIpc) is 2.59. The molecule has 0 spiro atoms. The molecular weight excluding hydrogens is 236 g/mol. The van der Waals surface area contributed by atoms with Gasteiger partial charge in [0.1, 0.15) is 5.75 Å². The molecule has 0 heterocycles. The number of nitrogens with two attached hydrogens (primary N) is 2. The van der Waals surface area contributed by atoms with Crippen molar-refractivity contribution in [3.8, 4) is 5.75 Å². The molecule has 0 saturated heterocycles. The van der Waals surface area contributed by atoms with Gasteiger partial charge < -0.3 is 16.6 Å². The summed E-state index contributed by atoms with van der Waals surface area (Å²) in [6.07, 6.45) is 1.93. The molecular formula is C16H20N2O. The van der Waals surface area contributed by atoms with Gasteiger partial charge >= 0.3 is 0 Å². The molecule has 19 heavy (non-hydrogen) atoms. The van der Waals surface area contributed by atoms with Crippen LogP contribution in [0.1, 0.15) is 28.3 Å². The number of aromatic hydroxyl groups is 1. The molecule has 3 rings (SSSR count). The zero-order valence-electron chi connectivity index (χ0n) is 11.1. The lowest BCUT2D eigenvalue weighted by Gasteiger charge is -2.15. The Bertz CT molecular complexity index is 566. The normalized spacial score (nSPS) is 16.5. The summed E-state index contributed by atoms with van der Waals surface area (Å²) >= 11 is 0. The maximum Gasteiger partial charge on any atom is 0.115 e. The van der Waals surface area contributed by atoms with Crippen molar-refractivity contribution < 1.29 is 5.11 Å². The fraction of sp³-hybridized carbons (Fsp3) is 0.250. The Morgan fingerprint density at radius 2 is 1.58 bits per heavy atom. The van der Waals surface area contributed by atoms with Crippen LogP contribution in [0.25, 0.3) is 0 Å². The van der Waals surface area contributed by atoms with Crippen LogP contribution in [0.4, 0.5) is 0 Å². The number of hydrogen-bond donors (Lipinski definition) is 3. The van der Waals surface area contributed by atoms with Crippen molar-refractivity contribution >= 4 is 0 Å². The summed E-state index contributed by atoms with van der Waals surface area (Å²) in [5.74, 6) is 0.321. The van der Waals surface area contributed by atoms with Crippen molar-refractivity contribution in [3.05, 3.63) is 64.7 Å². The number of benzene rings is 2. The fourth-order valence-electron chi connectivity index (χ4n) is 2.61. The average molecular weight is 256 g/mol. The summed E-state index contributed by atoms with van der Waals surface area (Å²) in [5, 5.41) is 9.54. The molecule has 0 aromatic heterocycles. The van der Waals surface area contributed by atoms with E-state index in [4.69, 9.17) is 5.73 Å². The monoisotopic (exact) mass is 256 g/mol. The summed E-state index contributed by atoms with van der Waals surface area (Å²) in [6, 6.07) is 13.7. The van der Waals surface area contributed by atoms with Crippen LogP contribution in [0.2, 0.25) is 0 Å². The number of phenolic OH excluding ortho intramolecular Hbond substituents is 1. The van der Waals surface area contributed by atoms with Gasteiger partial charge in [-0.05, 0) is 54.3 Å². The third-order valence-electron chi connectivity index (χ3n) is 3.52. The second-order valence-electron chi connectivity index (χ2n) is 4.56. The zero-order valence-corrected chi connectivity index (χ0v) is 11.1. The highest BCUT2D eigenvalue weighted by Gasteiger charge is 2.20. The summed E-state index contributed by atoms with van der Waals surface area (Å²) in [6.45, 7) is 0. The minimum Gasteiger partial charge on any atom is -0.508 e. The van der Waals surface area contributed by atoms with Crippen LogP contribution in [-0.2, 0) is 12.8 Å². The van der Waals surface area contributed by atoms with Gasteiger partial charge in [0.25, 0.3) is 0 Å². The molecule has 1 unspecified atom stereocenters. The van der Waals surface area contributed by atoms with Gasteiger partial charge in [0.05, 0.1) is 6.04 Å². The van der Waals surface area contributed by atoms with Crippen molar-refractivity contribution in [1.82, 2.24) is 0 Å². The van der Waals surface area contributed by atoms with Crippen LogP contribution in [-0.4, -0.2) is 12.2 Å². The van der Waals surface area contributed by atoms with Crippen LogP contribution in [0.15, 0.2) is 42.5 Å². The largest absolute Gasteiger partial charge is 0.508 e. The zero-order chi connectivity index (χ0) is 13.8. The Balaban J connectivity index is 0.000000637. The van der Waals surface area contributed by atoms with Crippen LogP contribution >= 0.6 is 0 Å². The second kappa shape index (κ2) is 5.87. The molecule has 0 radical (unpaired) electrons. The predicted octanol–water partition coefficient (Wildman–Crippen LogP) is 2.11. The number of hydrogen-bond acceptors (Lipinski definition) is 3. The number of phenols is 1. The molecule has 0 saturated carbocycles. The van der Waals surface area contributed by atoms with Gasteiger partial charge in [0, 0.05) is 0 Å². The molecule has 1 aliphatic rings. The third kappa shape index (κ3) is 2.62. The summed E-state index contributed by atoms with van der Waals surface area (Å²) in [4.78, 5) is 0. The summed E-state index contributed by atoms with van der Waals surface area (Å²) in [5.41, 5.74) is 15.6. The van der Waals surface area contributed by atoms with Gasteiger partial charge in [-0.25, -0.2) is 0 Å². The Morgan fingerprint density at radius 1 is 0.947 bits per heavy atom. The standard InChI is InChI=1S/C15H15NO.CH5N/c16-15-13-4-2-1-3-10(13)5-6-11-9-12(17)7-8-14(11)15;1-2/h1-4,7-9,15,17H,5-6,16H2;2H2,1H3. The van der Waals surface area contributed by atoms with Crippen molar-refractivity contribution in [2.24, 2.45) is 11.5 Å². The van der Waals surface area contributed by atoms with Crippen molar-refractivity contribution in [3.63, 3.8) is 0 Å². The van der Waals surface area contributed by atoms with Crippen molar-refractivity contribution in [1.29, 1.82) is 0 Å². The van der Waals surface area contributed by atoms with E-state index < -0.39 is 0 Å². The Kier molecular flexibility index (Phi) is 4.20. The Labute approximate surface area is 113 Å². The van der Waals surface area contributed by atoms with E-state index in [2.05, 4.69) is 23.9 Å². The first-order valence-corrected chi connectivity index (χ1v) is 6.48. The SMILES string of the molecule is CN.NC1c2ccccc2CCc2cc(O)ccc21. The van der Waals surface area contributed by atoms with Gasteiger partial charge in [-0.15, -0.1) is 0 Å². The first-order valence-electron chi connectivity index (χ1n) is 6.48. The smallest absolute Gasteiger partial charge is 0.115 e. The van der Waals surface area contributed by atoms with E-state index >= 15 is 0 Å². The van der Waals surface area contributed by atoms with E-state index in [1.54, 1.807) is 6.07 Å². The molecule has 3 nitrogen and oxygen atoms in total.